The normalized spacial score (nSPS) is 10.9. The number of anilines is 1. The summed E-state index contributed by atoms with van der Waals surface area (Å²) in [6.07, 6.45) is -4.64. The van der Waals surface area contributed by atoms with Gasteiger partial charge < -0.3 is 24.8 Å². The van der Waals surface area contributed by atoms with Crippen molar-refractivity contribution in [3.05, 3.63) is 76.0 Å². The quantitative estimate of drug-likeness (QED) is 0.386. The monoisotopic (exact) mass is 522 g/mol. The van der Waals surface area contributed by atoms with Crippen LogP contribution in [0.4, 0.5) is 18.9 Å². The summed E-state index contributed by atoms with van der Waals surface area (Å²) in [4.78, 5) is 37.3. The molecule has 8 nitrogen and oxygen atoms in total. The van der Waals surface area contributed by atoms with Crippen molar-refractivity contribution < 1.29 is 41.8 Å². The minimum atomic E-state index is -4.64. The second kappa shape index (κ2) is 12.1. The molecule has 0 atom stereocenters. The number of benzene rings is 2. The lowest BCUT2D eigenvalue weighted by atomic mass is 10.1. The predicted molar refractivity (Wildman–Crippen MR) is 125 cm³/mol. The van der Waals surface area contributed by atoms with Crippen molar-refractivity contribution in [3.63, 3.8) is 0 Å². The number of carbonyl (C=O) groups is 3. The van der Waals surface area contributed by atoms with Crippen LogP contribution in [-0.2, 0) is 27.0 Å². The number of carbonyl (C=O) groups excluding carboxylic acids is 3. The van der Waals surface area contributed by atoms with Crippen molar-refractivity contribution in [2.45, 2.75) is 12.7 Å². The number of ether oxygens (including phenoxy) is 3. The van der Waals surface area contributed by atoms with Gasteiger partial charge in [-0.05, 0) is 41.8 Å². The molecule has 0 saturated heterocycles. The first-order valence-corrected chi connectivity index (χ1v) is 11.3. The average molecular weight is 523 g/mol. The van der Waals surface area contributed by atoms with E-state index in [-0.39, 0.29) is 17.1 Å². The van der Waals surface area contributed by atoms with Gasteiger partial charge in [-0.15, -0.1) is 11.3 Å². The van der Waals surface area contributed by atoms with E-state index in [1.165, 1.54) is 48.8 Å². The highest BCUT2D eigenvalue weighted by atomic mass is 32.1. The smallest absolute Gasteiger partial charge is 0.418 e. The number of esters is 1. The summed E-state index contributed by atoms with van der Waals surface area (Å²) < 4.78 is 54.8. The standard InChI is InChI=1S/C24H21F3N2O6S/c1-33-20-11-15(23(32)35-13-21(30)28-12-16-5-4-10-36-16)8-9-19(20)34-14-22(31)29-18-7-3-2-6-17(18)24(25,26)27/h2-11H,12-14H2,1H3,(H,28,30)(H,29,31). The molecule has 0 spiro atoms. The second-order valence-corrected chi connectivity index (χ2v) is 8.21. The van der Waals surface area contributed by atoms with Gasteiger partial charge in [-0.2, -0.15) is 13.2 Å². The minimum absolute atomic E-state index is 0.0637. The topological polar surface area (TPSA) is 103 Å². The number of hydrogen-bond donors (Lipinski definition) is 2. The second-order valence-electron chi connectivity index (χ2n) is 7.18. The molecule has 1 aromatic heterocycles. The first kappa shape index (κ1) is 26.5. The molecular formula is C24H21F3N2O6S. The molecule has 3 rings (SSSR count). The van der Waals surface area contributed by atoms with Crippen molar-refractivity contribution >= 4 is 34.8 Å². The highest BCUT2D eigenvalue weighted by molar-refractivity contribution is 7.09. The first-order valence-electron chi connectivity index (χ1n) is 10.4. The molecule has 0 aliphatic rings. The van der Waals surface area contributed by atoms with E-state index < -0.39 is 48.4 Å². The van der Waals surface area contributed by atoms with Gasteiger partial charge in [-0.1, -0.05) is 18.2 Å². The fraction of sp³-hybridized carbons (Fsp3) is 0.208. The van der Waals surface area contributed by atoms with Gasteiger partial charge in [0.1, 0.15) is 0 Å². The maximum absolute atomic E-state index is 13.1. The Morgan fingerprint density at radius 2 is 1.72 bits per heavy atom. The molecule has 12 heteroatoms. The third-order valence-corrected chi connectivity index (χ3v) is 5.52. The fourth-order valence-corrected chi connectivity index (χ4v) is 3.59. The molecule has 2 aromatic carbocycles. The lowest BCUT2D eigenvalue weighted by Crippen LogP contribution is -2.28. The van der Waals surface area contributed by atoms with E-state index in [1.54, 1.807) is 0 Å². The Hall–Kier alpha value is -4.06. The number of para-hydroxylation sites is 1. The summed E-state index contributed by atoms with van der Waals surface area (Å²) in [7, 11) is 1.30. The van der Waals surface area contributed by atoms with E-state index in [0.29, 0.717) is 6.54 Å². The van der Waals surface area contributed by atoms with E-state index in [1.807, 2.05) is 17.5 Å². The van der Waals surface area contributed by atoms with Crippen molar-refractivity contribution in [2.24, 2.45) is 0 Å². The fourth-order valence-electron chi connectivity index (χ4n) is 2.95. The summed E-state index contributed by atoms with van der Waals surface area (Å²) in [5, 5.41) is 6.67. The van der Waals surface area contributed by atoms with Gasteiger partial charge >= 0.3 is 12.1 Å². The molecular weight excluding hydrogens is 501 g/mol. The molecule has 0 bridgehead atoms. The lowest BCUT2D eigenvalue weighted by Gasteiger charge is -2.15. The zero-order valence-corrected chi connectivity index (χ0v) is 19.7. The van der Waals surface area contributed by atoms with E-state index >= 15 is 0 Å². The lowest BCUT2D eigenvalue weighted by molar-refractivity contribution is -0.137. The zero-order chi connectivity index (χ0) is 26.1. The molecule has 2 amide bonds. The molecule has 0 fully saturated rings. The SMILES string of the molecule is COc1cc(C(=O)OCC(=O)NCc2cccs2)ccc1OCC(=O)Nc1ccccc1C(F)(F)F. The van der Waals surface area contributed by atoms with Crippen LogP contribution in [0.3, 0.4) is 0 Å². The predicted octanol–water partition coefficient (Wildman–Crippen LogP) is 4.27. The van der Waals surface area contributed by atoms with Gasteiger partial charge in [0, 0.05) is 4.88 Å². The molecule has 0 unspecified atom stereocenters. The third-order valence-electron chi connectivity index (χ3n) is 4.64. The number of amides is 2. The Morgan fingerprint density at radius 3 is 2.42 bits per heavy atom. The van der Waals surface area contributed by atoms with Crippen LogP contribution in [0.25, 0.3) is 0 Å². The van der Waals surface area contributed by atoms with Crippen LogP contribution in [0.1, 0.15) is 20.8 Å². The molecule has 2 N–H and O–H groups in total. The number of halogens is 3. The number of rotatable bonds is 10. The molecule has 1 heterocycles. The van der Waals surface area contributed by atoms with Crippen LogP contribution in [0.15, 0.2) is 60.0 Å². The van der Waals surface area contributed by atoms with Crippen molar-refractivity contribution in [3.8, 4) is 11.5 Å². The van der Waals surface area contributed by atoms with Crippen LogP contribution >= 0.6 is 11.3 Å². The largest absolute Gasteiger partial charge is 0.493 e. The van der Waals surface area contributed by atoms with E-state index in [9.17, 15) is 27.6 Å². The van der Waals surface area contributed by atoms with Gasteiger partial charge in [0.2, 0.25) is 0 Å². The van der Waals surface area contributed by atoms with Crippen LogP contribution in [-0.4, -0.2) is 38.1 Å². The number of thiophene rings is 1. The number of nitrogens with one attached hydrogen (secondary N) is 2. The number of methoxy groups -OCH3 is 1. The van der Waals surface area contributed by atoms with Crippen molar-refractivity contribution in [1.29, 1.82) is 0 Å². The number of alkyl halides is 3. The summed E-state index contributed by atoms with van der Waals surface area (Å²) in [5.74, 6) is -1.93. The summed E-state index contributed by atoms with van der Waals surface area (Å²) >= 11 is 1.48. The van der Waals surface area contributed by atoms with Gasteiger partial charge in [0.25, 0.3) is 11.8 Å². The van der Waals surface area contributed by atoms with E-state index in [4.69, 9.17) is 14.2 Å². The van der Waals surface area contributed by atoms with Crippen LogP contribution < -0.4 is 20.1 Å². The molecule has 190 valence electrons. The maximum atomic E-state index is 13.1. The molecule has 0 aliphatic heterocycles. The molecule has 3 aromatic rings. The Bertz CT molecular complexity index is 1210. The van der Waals surface area contributed by atoms with Gasteiger partial charge in [-0.25, -0.2) is 4.79 Å². The first-order chi connectivity index (χ1) is 17.2. The zero-order valence-electron chi connectivity index (χ0n) is 18.9. The van der Waals surface area contributed by atoms with Crippen molar-refractivity contribution in [2.75, 3.05) is 25.6 Å². The van der Waals surface area contributed by atoms with Crippen molar-refractivity contribution in [1.82, 2.24) is 5.32 Å². The summed E-state index contributed by atoms with van der Waals surface area (Å²) in [5.41, 5.74) is -1.32. The van der Waals surface area contributed by atoms with Crippen LogP contribution in [0.5, 0.6) is 11.5 Å². The molecule has 36 heavy (non-hydrogen) atoms. The van der Waals surface area contributed by atoms with E-state index in [2.05, 4.69) is 10.6 Å². The Labute approximate surface area is 208 Å². The van der Waals surface area contributed by atoms with Gasteiger partial charge in [0.05, 0.1) is 30.5 Å². The highest BCUT2D eigenvalue weighted by Gasteiger charge is 2.33. The minimum Gasteiger partial charge on any atom is -0.493 e. The average Bonchev–Trinajstić information content (AvgIpc) is 3.38. The highest BCUT2D eigenvalue weighted by Crippen LogP contribution is 2.34. The van der Waals surface area contributed by atoms with Gasteiger partial charge in [-0.3, -0.25) is 9.59 Å². The summed E-state index contributed by atoms with van der Waals surface area (Å²) in [6, 6.07) is 12.2. The molecule has 0 radical (unpaired) electrons. The third kappa shape index (κ3) is 7.47. The van der Waals surface area contributed by atoms with Crippen LogP contribution in [0, 0.1) is 0 Å². The molecule has 0 aliphatic carbocycles. The summed E-state index contributed by atoms with van der Waals surface area (Å²) in [6.45, 7) is -0.773. The maximum Gasteiger partial charge on any atom is 0.418 e. The van der Waals surface area contributed by atoms with E-state index in [0.717, 1.165) is 17.0 Å². The Morgan fingerprint density at radius 1 is 0.944 bits per heavy atom. The Balaban J connectivity index is 1.53. The van der Waals surface area contributed by atoms with Gasteiger partial charge in [0.15, 0.2) is 24.7 Å². The Kier molecular flexibility index (Phi) is 8.90. The molecule has 0 saturated carbocycles. The van der Waals surface area contributed by atoms with Crippen LogP contribution in [0.2, 0.25) is 0 Å². The number of hydrogen-bond acceptors (Lipinski definition) is 7.